The largest absolute Gasteiger partial charge is 0.315 e. The molecular formula is C12H18N2S. The van der Waals surface area contributed by atoms with Gasteiger partial charge < -0.3 is 5.32 Å². The Kier molecular flexibility index (Phi) is 2.76. The van der Waals surface area contributed by atoms with Crippen molar-refractivity contribution in [3.8, 4) is 0 Å². The van der Waals surface area contributed by atoms with Gasteiger partial charge in [0, 0.05) is 30.3 Å². The van der Waals surface area contributed by atoms with Crippen molar-refractivity contribution in [1.82, 2.24) is 10.3 Å². The minimum absolute atomic E-state index is 0.715. The van der Waals surface area contributed by atoms with Crippen LogP contribution in [0.4, 0.5) is 0 Å². The van der Waals surface area contributed by atoms with E-state index in [-0.39, 0.29) is 0 Å². The van der Waals surface area contributed by atoms with Gasteiger partial charge in [0.05, 0.1) is 10.7 Å². The van der Waals surface area contributed by atoms with Crippen LogP contribution in [0.2, 0.25) is 0 Å². The van der Waals surface area contributed by atoms with Gasteiger partial charge in [0.25, 0.3) is 0 Å². The zero-order valence-electron chi connectivity index (χ0n) is 9.04. The molecule has 3 rings (SSSR count). The number of nitrogens with one attached hydrogen (secondary N) is 1. The maximum atomic E-state index is 4.83. The van der Waals surface area contributed by atoms with E-state index in [2.05, 4.69) is 10.7 Å². The molecule has 0 spiro atoms. The molecule has 1 saturated heterocycles. The van der Waals surface area contributed by atoms with Gasteiger partial charge in [0.15, 0.2) is 0 Å². The maximum absolute atomic E-state index is 4.83. The van der Waals surface area contributed by atoms with Gasteiger partial charge >= 0.3 is 0 Å². The summed E-state index contributed by atoms with van der Waals surface area (Å²) in [5, 5.41) is 6.99. The number of rotatable bonds is 2. The zero-order valence-corrected chi connectivity index (χ0v) is 9.85. The highest BCUT2D eigenvalue weighted by molar-refractivity contribution is 7.09. The molecule has 1 aromatic rings. The molecule has 1 aliphatic carbocycles. The molecule has 1 N–H and O–H groups in total. The van der Waals surface area contributed by atoms with E-state index in [0.717, 1.165) is 19.0 Å². The summed E-state index contributed by atoms with van der Waals surface area (Å²) >= 11 is 1.88. The predicted octanol–water partition coefficient (Wildman–Crippen LogP) is 2.88. The Labute approximate surface area is 95.1 Å². The number of thiazole rings is 1. The fourth-order valence-corrected chi connectivity index (χ4v) is 3.54. The Balaban J connectivity index is 1.71. The van der Waals surface area contributed by atoms with E-state index >= 15 is 0 Å². The van der Waals surface area contributed by atoms with E-state index in [1.165, 1.54) is 42.8 Å². The van der Waals surface area contributed by atoms with Crippen LogP contribution in [0.3, 0.4) is 0 Å². The lowest BCUT2D eigenvalue weighted by atomic mass is 9.87. The highest BCUT2D eigenvalue weighted by atomic mass is 32.1. The first-order valence-electron chi connectivity index (χ1n) is 6.09. The van der Waals surface area contributed by atoms with Crippen LogP contribution < -0.4 is 5.32 Å². The van der Waals surface area contributed by atoms with Crippen molar-refractivity contribution in [1.29, 1.82) is 0 Å². The Morgan fingerprint density at radius 1 is 1.13 bits per heavy atom. The predicted molar refractivity (Wildman–Crippen MR) is 63.6 cm³/mol. The molecular weight excluding hydrogens is 204 g/mol. The molecule has 0 bridgehead atoms. The van der Waals surface area contributed by atoms with Gasteiger partial charge in [0.2, 0.25) is 0 Å². The fourth-order valence-electron chi connectivity index (χ4n) is 2.54. The second kappa shape index (κ2) is 4.22. The van der Waals surface area contributed by atoms with E-state index in [1.807, 2.05) is 11.3 Å². The molecule has 0 atom stereocenters. The third kappa shape index (κ3) is 1.95. The van der Waals surface area contributed by atoms with Crippen LogP contribution >= 0.6 is 11.3 Å². The lowest BCUT2D eigenvalue weighted by Gasteiger charge is -2.25. The Morgan fingerprint density at radius 2 is 1.93 bits per heavy atom. The lowest BCUT2D eigenvalue weighted by molar-refractivity contribution is 0.428. The van der Waals surface area contributed by atoms with Crippen molar-refractivity contribution in [2.75, 3.05) is 13.1 Å². The van der Waals surface area contributed by atoms with Gasteiger partial charge in [0.1, 0.15) is 0 Å². The van der Waals surface area contributed by atoms with Gasteiger partial charge in [-0.15, -0.1) is 11.3 Å². The van der Waals surface area contributed by atoms with Crippen LogP contribution in [0.5, 0.6) is 0 Å². The first kappa shape index (κ1) is 9.79. The fraction of sp³-hybridized carbons (Fsp3) is 0.750. The van der Waals surface area contributed by atoms with Crippen molar-refractivity contribution in [2.45, 2.75) is 43.9 Å². The normalized spacial score (nSPS) is 24.0. The molecule has 2 aliphatic rings. The first-order chi connectivity index (χ1) is 7.43. The number of hydrogen-bond acceptors (Lipinski definition) is 3. The monoisotopic (exact) mass is 222 g/mol. The molecule has 2 heterocycles. The summed E-state index contributed by atoms with van der Waals surface area (Å²) in [6.45, 7) is 2.27. The van der Waals surface area contributed by atoms with Crippen LogP contribution in [0, 0.1) is 0 Å². The lowest BCUT2D eigenvalue weighted by Crippen LogP contribution is -2.39. The van der Waals surface area contributed by atoms with Crippen LogP contribution in [-0.2, 0) is 0 Å². The second-order valence-electron chi connectivity index (χ2n) is 4.80. The summed E-state index contributed by atoms with van der Waals surface area (Å²) in [4.78, 5) is 4.83. The molecule has 0 aromatic carbocycles. The van der Waals surface area contributed by atoms with Crippen molar-refractivity contribution in [2.24, 2.45) is 0 Å². The smallest absolute Gasteiger partial charge is 0.0984 e. The molecule has 2 fully saturated rings. The Bertz CT molecular complexity index is 324. The molecule has 0 amide bonds. The molecule has 1 saturated carbocycles. The molecule has 1 aromatic heterocycles. The molecule has 0 unspecified atom stereocenters. The summed E-state index contributed by atoms with van der Waals surface area (Å²) in [5.41, 5.74) is 1.39. The van der Waals surface area contributed by atoms with Gasteiger partial charge in [-0.2, -0.15) is 0 Å². The Morgan fingerprint density at radius 3 is 2.60 bits per heavy atom. The number of aromatic nitrogens is 1. The number of hydrogen-bond donors (Lipinski definition) is 1. The van der Waals surface area contributed by atoms with E-state index < -0.39 is 0 Å². The van der Waals surface area contributed by atoms with E-state index in [1.54, 1.807) is 0 Å². The SMILES string of the molecule is c1sc(C2CNC2)nc1C1CCCCC1. The van der Waals surface area contributed by atoms with E-state index in [9.17, 15) is 0 Å². The standard InChI is InChI=1S/C12H18N2S/c1-2-4-9(5-3-1)11-8-15-12(14-11)10-6-13-7-10/h8-10,13H,1-7H2. The van der Waals surface area contributed by atoms with Crippen molar-refractivity contribution >= 4 is 11.3 Å². The van der Waals surface area contributed by atoms with Crippen molar-refractivity contribution in [3.05, 3.63) is 16.1 Å². The van der Waals surface area contributed by atoms with E-state index in [4.69, 9.17) is 4.98 Å². The maximum Gasteiger partial charge on any atom is 0.0984 e. The van der Waals surface area contributed by atoms with Crippen LogP contribution in [0.1, 0.15) is 54.6 Å². The summed E-state index contributed by atoms with van der Waals surface area (Å²) in [6, 6.07) is 0. The third-order valence-electron chi connectivity index (χ3n) is 3.69. The summed E-state index contributed by atoms with van der Waals surface area (Å²) < 4.78 is 0. The van der Waals surface area contributed by atoms with Crippen molar-refractivity contribution < 1.29 is 0 Å². The average Bonchev–Trinajstić information content (AvgIpc) is 2.66. The zero-order chi connectivity index (χ0) is 10.1. The summed E-state index contributed by atoms with van der Waals surface area (Å²) in [6.07, 6.45) is 6.98. The second-order valence-corrected chi connectivity index (χ2v) is 5.69. The van der Waals surface area contributed by atoms with Crippen molar-refractivity contribution in [3.63, 3.8) is 0 Å². The van der Waals surface area contributed by atoms with Gasteiger partial charge in [-0.25, -0.2) is 4.98 Å². The average molecular weight is 222 g/mol. The number of nitrogens with zero attached hydrogens (tertiary/aromatic N) is 1. The quantitative estimate of drug-likeness (QED) is 0.832. The Hall–Kier alpha value is -0.410. The van der Waals surface area contributed by atoms with E-state index in [0.29, 0.717) is 5.92 Å². The highest BCUT2D eigenvalue weighted by Crippen LogP contribution is 2.34. The minimum Gasteiger partial charge on any atom is -0.315 e. The molecule has 2 nitrogen and oxygen atoms in total. The van der Waals surface area contributed by atoms with Crippen LogP contribution in [-0.4, -0.2) is 18.1 Å². The molecule has 15 heavy (non-hydrogen) atoms. The van der Waals surface area contributed by atoms with Gasteiger partial charge in [-0.3, -0.25) is 0 Å². The minimum atomic E-state index is 0.715. The molecule has 3 heteroatoms. The molecule has 1 aliphatic heterocycles. The van der Waals surface area contributed by atoms with Crippen LogP contribution in [0.15, 0.2) is 5.38 Å². The first-order valence-corrected chi connectivity index (χ1v) is 6.97. The summed E-state index contributed by atoms with van der Waals surface area (Å²) in [7, 11) is 0. The summed E-state index contributed by atoms with van der Waals surface area (Å²) in [5.74, 6) is 1.49. The van der Waals surface area contributed by atoms with Crippen LogP contribution in [0.25, 0.3) is 0 Å². The van der Waals surface area contributed by atoms with Gasteiger partial charge in [-0.05, 0) is 12.8 Å². The van der Waals surface area contributed by atoms with Gasteiger partial charge in [-0.1, -0.05) is 19.3 Å². The third-order valence-corrected chi connectivity index (χ3v) is 4.72. The topological polar surface area (TPSA) is 24.9 Å². The molecule has 82 valence electrons. The molecule has 0 radical (unpaired) electrons. The highest BCUT2D eigenvalue weighted by Gasteiger charge is 2.24.